The Balaban J connectivity index is 2.24. The highest BCUT2D eigenvalue weighted by Gasteiger charge is 2.04. The van der Waals surface area contributed by atoms with Crippen molar-refractivity contribution in [2.45, 2.75) is 0 Å². The molecule has 3 aromatic rings. The number of thiazole rings is 1. The Morgan fingerprint density at radius 1 is 1.21 bits per heavy atom. The van der Waals surface area contributed by atoms with Gasteiger partial charge in [-0.2, -0.15) is 0 Å². The van der Waals surface area contributed by atoms with Crippen LogP contribution in [0.2, 0.25) is 0 Å². The first-order valence-electron chi connectivity index (χ1n) is 4.11. The van der Waals surface area contributed by atoms with E-state index in [-0.39, 0.29) is 0 Å². The molecule has 0 bridgehead atoms. The molecule has 14 heavy (non-hydrogen) atoms. The number of rotatable bonds is 1. The van der Waals surface area contributed by atoms with Crippen LogP contribution in [0.15, 0.2) is 36.5 Å². The Hall–Kier alpha value is -1.75. The fourth-order valence-corrected chi connectivity index (χ4v) is 1.88. The molecule has 0 saturated carbocycles. The quantitative estimate of drug-likeness (QED) is 0.604. The van der Waals surface area contributed by atoms with Gasteiger partial charge in [0.05, 0.1) is 16.6 Å². The molecule has 0 aliphatic carbocycles. The van der Waals surface area contributed by atoms with Crippen LogP contribution in [-0.4, -0.2) is 19.4 Å². The third kappa shape index (κ3) is 1.10. The second kappa shape index (κ2) is 2.88. The summed E-state index contributed by atoms with van der Waals surface area (Å²) in [7, 11) is 0. The molecule has 0 spiro atoms. The Morgan fingerprint density at radius 3 is 3.00 bits per heavy atom. The molecule has 68 valence electrons. The topological polar surface area (TPSA) is 43.1 Å². The van der Waals surface area contributed by atoms with Crippen LogP contribution in [0.1, 0.15) is 0 Å². The lowest BCUT2D eigenvalue weighted by Gasteiger charge is -1.86. The van der Waals surface area contributed by atoms with E-state index >= 15 is 0 Å². The molecule has 0 unspecified atom stereocenters. The van der Waals surface area contributed by atoms with E-state index in [9.17, 15) is 0 Å². The summed E-state index contributed by atoms with van der Waals surface area (Å²) < 4.78 is 1.95. The lowest BCUT2D eigenvalue weighted by molar-refractivity contribution is 1.13. The van der Waals surface area contributed by atoms with Crippen LogP contribution in [0, 0.1) is 0 Å². The summed E-state index contributed by atoms with van der Waals surface area (Å²) >= 11 is 1.58. The maximum absolute atomic E-state index is 4.43. The van der Waals surface area contributed by atoms with Gasteiger partial charge in [-0.1, -0.05) is 0 Å². The largest absolute Gasteiger partial charge is 0.304 e. The van der Waals surface area contributed by atoms with Crippen molar-refractivity contribution < 1.29 is 0 Å². The highest BCUT2D eigenvalue weighted by Crippen LogP contribution is 2.21. The molecule has 0 radical (unpaired) electrons. The van der Waals surface area contributed by atoms with E-state index < -0.39 is 0 Å². The average Bonchev–Trinajstić information content (AvgIpc) is 2.86. The van der Waals surface area contributed by atoms with E-state index in [1.807, 2.05) is 23.0 Å². The van der Waals surface area contributed by atoms with Crippen molar-refractivity contribution in [2.75, 3.05) is 0 Å². The van der Waals surface area contributed by atoms with Crippen LogP contribution in [0.3, 0.4) is 0 Å². The zero-order valence-corrected chi connectivity index (χ0v) is 7.98. The second-order valence-electron chi connectivity index (χ2n) is 2.83. The van der Waals surface area contributed by atoms with Crippen molar-refractivity contribution in [1.82, 2.24) is 19.4 Å². The molecule has 3 aromatic heterocycles. The number of fused-ring (bicyclic) bond motifs is 1. The second-order valence-corrected chi connectivity index (χ2v) is 3.72. The minimum atomic E-state index is 0.857. The molecule has 0 aliphatic rings. The van der Waals surface area contributed by atoms with Gasteiger partial charge in [0.2, 0.25) is 0 Å². The molecule has 0 aromatic carbocycles. The molecule has 3 heterocycles. The predicted molar refractivity (Wildman–Crippen MR) is 54.1 cm³/mol. The van der Waals surface area contributed by atoms with Gasteiger partial charge < -0.3 is 4.40 Å². The Labute approximate surface area is 83.9 Å². The third-order valence-electron chi connectivity index (χ3n) is 1.95. The van der Waals surface area contributed by atoms with Crippen molar-refractivity contribution in [3.63, 3.8) is 0 Å². The minimum Gasteiger partial charge on any atom is -0.304 e. The van der Waals surface area contributed by atoms with Gasteiger partial charge in [0.25, 0.3) is 0 Å². The average molecular weight is 202 g/mol. The first-order chi connectivity index (χ1) is 6.93. The van der Waals surface area contributed by atoms with E-state index in [4.69, 9.17) is 0 Å². The van der Waals surface area contributed by atoms with Crippen LogP contribution < -0.4 is 0 Å². The van der Waals surface area contributed by atoms with Crippen molar-refractivity contribution in [2.24, 2.45) is 0 Å². The molecular weight excluding hydrogens is 196 g/mol. The lowest BCUT2D eigenvalue weighted by Crippen LogP contribution is -1.81. The molecule has 0 N–H and O–H groups in total. The number of nitrogens with zero attached hydrogens (tertiary/aromatic N) is 4. The summed E-state index contributed by atoms with van der Waals surface area (Å²) in [5.41, 5.74) is 3.61. The molecule has 0 saturated heterocycles. The first kappa shape index (κ1) is 7.64. The molecule has 0 atom stereocenters. The summed E-state index contributed by atoms with van der Waals surface area (Å²) in [6, 6.07) is 0. The van der Waals surface area contributed by atoms with Gasteiger partial charge in [-0.05, 0) is 0 Å². The maximum Gasteiger partial charge on any atom is 0.156 e. The van der Waals surface area contributed by atoms with E-state index in [0.717, 1.165) is 16.2 Å². The summed E-state index contributed by atoms with van der Waals surface area (Å²) in [6.45, 7) is 0. The van der Waals surface area contributed by atoms with Crippen LogP contribution in [0.5, 0.6) is 0 Å². The van der Waals surface area contributed by atoms with Gasteiger partial charge in [-0.3, -0.25) is 9.97 Å². The molecule has 0 fully saturated rings. The van der Waals surface area contributed by atoms with E-state index in [1.165, 1.54) is 0 Å². The van der Waals surface area contributed by atoms with Gasteiger partial charge in [-0.25, -0.2) is 4.98 Å². The molecule has 3 rings (SSSR count). The van der Waals surface area contributed by atoms with Crippen molar-refractivity contribution >= 4 is 17.0 Å². The molecular formula is C9H6N4S. The van der Waals surface area contributed by atoms with Crippen LogP contribution in [-0.2, 0) is 0 Å². The fraction of sp³-hybridized carbons (Fsp3) is 0. The Kier molecular flexibility index (Phi) is 1.57. The molecule has 0 aliphatic heterocycles. The summed E-state index contributed by atoms with van der Waals surface area (Å²) in [5.74, 6) is 0. The minimum absolute atomic E-state index is 0.857. The number of hydrogen-bond donors (Lipinski definition) is 0. The van der Waals surface area contributed by atoms with Crippen molar-refractivity contribution in [3.8, 4) is 10.6 Å². The lowest BCUT2D eigenvalue weighted by atomic mass is 10.4. The highest BCUT2D eigenvalue weighted by molar-refractivity contribution is 7.13. The van der Waals surface area contributed by atoms with E-state index in [0.29, 0.717) is 0 Å². The summed E-state index contributed by atoms with van der Waals surface area (Å²) in [4.78, 5) is 13.5. The zero-order chi connectivity index (χ0) is 9.38. The molecule has 4 nitrogen and oxygen atoms in total. The van der Waals surface area contributed by atoms with Crippen molar-refractivity contribution in [1.29, 1.82) is 0 Å². The van der Waals surface area contributed by atoms with Gasteiger partial charge >= 0.3 is 0 Å². The van der Waals surface area contributed by atoms with Crippen LogP contribution >= 0.6 is 11.3 Å². The fourth-order valence-electron chi connectivity index (χ4n) is 1.30. The maximum atomic E-state index is 4.43. The third-order valence-corrected chi connectivity index (χ3v) is 2.74. The van der Waals surface area contributed by atoms with Crippen LogP contribution in [0.4, 0.5) is 0 Å². The van der Waals surface area contributed by atoms with Crippen molar-refractivity contribution in [3.05, 3.63) is 36.5 Å². The van der Waals surface area contributed by atoms with Gasteiger partial charge in [0.15, 0.2) is 5.65 Å². The number of aromatic nitrogens is 4. The Bertz CT molecular complexity index is 522. The SMILES string of the molecule is c1cn2cc(-c3cncs3)nc2cn1. The molecule has 5 heteroatoms. The van der Waals surface area contributed by atoms with E-state index in [1.54, 1.807) is 29.2 Å². The van der Waals surface area contributed by atoms with Gasteiger partial charge in [0.1, 0.15) is 5.69 Å². The highest BCUT2D eigenvalue weighted by atomic mass is 32.1. The predicted octanol–water partition coefficient (Wildman–Crippen LogP) is 1.85. The first-order valence-corrected chi connectivity index (χ1v) is 4.99. The summed E-state index contributed by atoms with van der Waals surface area (Å²) in [5, 5.41) is 0. The number of hydrogen-bond acceptors (Lipinski definition) is 4. The van der Waals surface area contributed by atoms with Crippen LogP contribution in [0.25, 0.3) is 16.2 Å². The number of imidazole rings is 1. The van der Waals surface area contributed by atoms with Gasteiger partial charge in [-0.15, -0.1) is 11.3 Å². The van der Waals surface area contributed by atoms with Gasteiger partial charge in [0, 0.05) is 24.8 Å². The monoisotopic (exact) mass is 202 g/mol. The normalized spacial score (nSPS) is 10.9. The standard InChI is InChI=1S/C9H6N4S/c1-2-13-5-7(8-3-11-6-14-8)12-9(13)4-10-1/h1-6H. The summed E-state index contributed by atoms with van der Waals surface area (Å²) in [6.07, 6.45) is 9.16. The Morgan fingerprint density at radius 2 is 2.21 bits per heavy atom. The smallest absolute Gasteiger partial charge is 0.156 e. The van der Waals surface area contributed by atoms with E-state index in [2.05, 4.69) is 15.0 Å². The zero-order valence-electron chi connectivity index (χ0n) is 7.16. The molecule has 0 amide bonds.